The number of carboxylic acid groups (broad SMARTS) is 1. The van der Waals surface area contributed by atoms with Gasteiger partial charge in [0.2, 0.25) is 0 Å². The summed E-state index contributed by atoms with van der Waals surface area (Å²) in [6.45, 7) is 0. The lowest BCUT2D eigenvalue weighted by molar-refractivity contribution is -0.136. The van der Waals surface area contributed by atoms with E-state index in [1.165, 1.54) is 11.3 Å². The zero-order chi connectivity index (χ0) is 12.3. The lowest BCUT2D eigenvalue weighted by Gasteiger charge is -1.94. The summed E-state index contributed by atoms with van der Waals surface area (Å²) in [6, 6.07) is 3.78. The molecule has 0 unspecified atom stereocenters. The highest BCUT2D eigenvalue weighted by molar-refractivity contribution is 9.11. The summed E-state index contributed by atoms with van der Waals surface area (Å²) in [4.78, 5) is 19.0. The number of aliphatic carboxylic acids is 1. The monoisotopic (exact) mass is 312 g/mol. The van der Waals surface area contributed by atoms with Crippen LogP contribution in [0.15, 0.2) is 28.3 Å². The molecule has 0 radical (unpaired) electrons. The molecule has 0 bridgehead atoms. The number of hydrogen-bond donors (Lipinski definition) is 1. The van der Waals surface area contributed by atoms with Gasteiger partial charge < -0.3 is 5.11 Å². The lowest BCUT2D eigenvalue weighted by Crippen LogP contribution is -1.98. The predicted octanol–water partition coefficient (Wildman–Crippen LogP) is 2.98. The minimum atomic E-state index is -0.812. The van der Waals surface area contributed by atoms with E-state index in [4.69, 9.17) is 5.11 Å². The number of nitrogens with zero attached hydrogens (tertiary/aromatic N) is 2. The van der Waals surface area contributed by atoms with Crippen molar-refractivity contribution in [1.82, 2.24) is 9.97 Å². The van der Waals surface area contributed by atoms with Gasteiger partial charge in [-0.05, 0) is 28.1 Å². The molecule has 17 heavy (non-hydrogen) atoms. The van der Waals surface area contributed by atoms with E-state index in [9.17, 15) is 4.79 Å². The second kappa shape index (κ2) is 5.37. The summed E-state index contributed by atoms with van der Waals surface area (Å²) >= 11 is 4.90. The third-order valence-electron chi connectivity index (χ3n) is 2.13. The molecule has 0 amide bonds. The van der Waals surface area contributed by atoms with Crippen LogP contribution in [0, 0.1) is 0 Å². The summed E-state index contributed by atoms with van der Waals surface area (Å²) in [5.41, 5.74) is 1.73. The van der Waals surface area contributed by atoms with Crippen molar-refractivity contribution >= 4 is 33.2 Å². The Bertz CT molecular complexity index is 528. The quantitative estimate of drug-likeness (QED) is 0.942. The molecule has 2 aromatic heterocycles. The van der Waals surface area contributed by atoms with Crippen molar-refractivity contribution in [2.45, 2.75) is 12.8 Å². The van der Waals surface area contributed by atoms with E-state index in [0.717, 1.165) is 20.1 Å². The van der Waals surface area contributed by atoms with Crippen LogP contribution in [0.3, 0.4) is 0 Å². The topological polar surface area (TPSA) is 63.1 Å². The standard InChI is InChI=1S/C11H9BrN2O2S/c12-10-8(3-4-9(15)16)14-11(17-10)7-2-1-5-13-6-7/h1-2,5-6H,3-4H2,(H,15,16). The number of hydrogen-bond acceptors (Lipinski definition) is 4. The van der Waals surface area contributed by atoms with Crippen molar-refractivity contribution in [1.29, 1.82) is 0 Å². The third kappa shape index (κ3) is 3.10. The number of rotatable bonds is 4. The number of pyridine rings is 1. The van der Waals surface area contributed by atoms with Gasteiger partial charge in [-0.25, -0.2) is 4.98 Å². The maximum atomic E-state index is 10.5. The summed E-state index contributed by atoms with van der Waals surface area (Å²) in [5, 5.41) is 9.49. The van der Waals surface area contributed by atoms with Crippen molar-refractivity contribution in [3.05, 3.63) is 34.0 Å². The number of aryl methyl sites for hydroxylation is 1. The van der Waals surface area contributed by atoms with Crippen LogP contribution in [0.2, 0.25) is 0 Å². The van der Waals surface area contributed by atoms with Gasteiger partial charge in [0.05, 0.1) is 15.9 Å². The molecule has 0 fully saturated rings. The maximum absolute atomic E-state index is 10.5. The van der Waals surface area contributed by atoms with Crippen LogP contribution in [0.25, 0.3) is 10.6 Å². The average molecular weight is 313 g/mol. The molecule has 0 aliphatic heterocycles. The zero-order valence-electron chi connectivity index (χ0n) is 8.76. The van der Waals surface area contributed by atoms with Gasteiger partial charge in [0.25, 0.3) is 0 Å². The van der Waals surface area contributed by atoms with Crippen molar-refractivity contribution < 1.29 is 9.90 Å². The maximum Gasteiger partial charge on any atom is 0.303 e. The van der Waals surface area contributed by atoms with Crippen LogP contribution in [-0.2, 0) is 11.2 Å². The van der Waals surface area contributed by atoms with Gasteiger partial charge in [-0.2, -0.15) is 0 Å². The van der Waals surface area contributed by atoms with E-state index < -0.39 is 5.97 Å². The first kappa shape index (κ1) is 12.2. The largest absolute Gasteiger partial charge is 0.481 e. The first-order valence-electron chi connectivity index (χ1n) is 4.94. The molecular weight excluding hydrogens is 304 g/mol. The molecule has 6 heteroatoms. The number of carbonyl (C=O) groups is 1. The Hall–Kier alpha value is -1.27. The zero-order valence-corrected chi connectivity index (χ0v) is 11.2. The van der Waals surface area contributed by atoms with Crippen LogP contribution in [0.1, 0.15) is 12.1 Å². The van der Waals surface area contributed by atoms with Crippen LogP contribution in [0.5, 0.6) is 0 Å². The smallest absolute Gasteiger partial charge is 0.303 e. The second-order valence-corrected chi connectivity index (χ2v) is 5.69. The predicted molar refractivity (Wildman–Crippen MR) is 69.0 cm³/mol. The summed E-state index contributed by atoms with van der Waals surface area (Å²) in [5.74, 6) is -0.812. The van der Waals surface area contributed by atoms with Crippen LogP contribution in [-0.4, -0.2) is 21.0 Å². The molecule has 0 atom stereocenters. The van der Waals surface area contributed by atoms with Gasteiger partial charge in [-0.1, -0.05) is 0 Å². The molecule has 0 saturated heterocycles. The number of thiazole rings is 1. The Morgan fingerprint density at radius 3 is 3.00 bits per heavy atom. The summed E-state index contributed by atoms with van der Waals surface area (Å²) in [6.07, 6.45) is 3.98. The van der Waals surface area contributed by atoms with Crippen molar-refractivity contribution in [2.24, 2.45) is 0 Å². The van der Waals surface area contributed by atoms with E-state index in [-0.39, 0.29) is 6.42 Å². The fourth-order valence-corrected chi connectivity index (χ4v) is 2.90. The minimum absolute atomic E-state index is 0.0921. The molecule has 4 nitrogen and oxygen atoms in total. The molecule has 1 N–H and O–H groups in total. The number of carboxylic acids is 1. The third-order valence-corrected chi connectivity index (χ3v) is 4.01. The van der Waals surface area contributed by atoms with E-state index in [1.807, 2.05) is 12.1 Å². The van der Waals surface area contributed by atoms with Gasteiger partial charge in [0.15, 0.2) is 0 Å². The van der Waals surface area contributed by atoms with Gasteiger partial charge in [-0.3, -0.25) is 9.78 Å². The SMILES string of the molecule is O=C(O)CCc1nc(-c2cccnc2)sc1Br. The Kier molecular flexibility index (Phi) is 3.86. The Labute approximate surface area is 110 Å². The molecular formula is C11H9BrN2O2S. The van der Waals surface area contributed by atoms with Crippen LogP contribution >= 0.6 is 27.3 Å². The fraction of sp³-hybridized carbons (Fsp3) is 0.182. The van der Waals surface area contributed by atoms with E-state index in [0.29, 0.717) is 6.42 Å². The van der Waals surface area contributed by atoms with Gasteiger partial charge in [-0.15, -0.1) is 11.3 Å². The minimum Gasteiger partial charge on any atom is -0.481 e. The molecule has 2 heterocycles. The van der Waals surface area contributed by atoms with Gasteiger partial charge in [0, 0.05) is 24.4 Å². The molecule has 0 spiro atoms. The highest BCUT2D eigenvalue weighted by Gasteiger charge is 2.11. The lowest BCUT2D eigenvalue weighted by atomic mass is 10.2. The van der Waals surface area contributed by atoms with E-state index in [1.54, 1.807) is 12.4 Å². The molecule has 0 aliphatic rings. The molecule has 88 valence electrons. The first-order chi connectivity index (χ1) is 8.16. The van der Waals surface area contributed by atoms with E-state index >= 15 is 0 Å². The van der Waals surface area contributed by atoms with Gasteiger partial charge >= 0.3 is 5.97 Å². The fourth-order valence-electron chi connectivity index (χ4n) is 1.33. The Morgan fingerprint density at radius 1 is 1.53 bits per heavy atom. The van der Waals surface area contributed by atoms with Crippen LogP contribution < -0.4 is 0 Å². The van der Waals surface area contributed by atoms with Crippen molar-refractivity contribution in [2.75, 3.05) is 0 Å². The van der Waals surface area contributed by atoms with Gasteiger partial charge in [0.1, 0.15) is 5.01 Å². The molecule has 2 rings (SSSR count). The number of halogens is 1. The molecule has 0 saturated carbocycles. The highest BCUT2D eigenvalue weighted by atomic mass is 79.9. The second-order valence-electron chi connectivity index (χ2n) is 3.37. The van der Waals surface area contributed by atoms with Crippen LogP contribution in [0.4, 0.5) is 0 Å². The molecule has 2 aromatic rings. The number of aromatic nitrogens is 2. The molecule has 0 aromatic carbocycles. The highest BCUT2D eigenvalue weighted by Crippen LogP contribution is 2.32. The summed E-state index contributed by atoms with van der Waals surface area (Å²) < 4.78 is 0.887. The summed E-state index contributed by atoms with van der Waals surface area (Å²) in [7, 11) is 0. The van der Waals surface area contributed by atoms with Crippen molar-refractivity contribution in [3.8, 4) is 10.6 Å². The normalized spacial score (nSPS) is 10.4. The molecule has 0 aliphatic carbocycles. The first-order valence-corrected chi connectivity index (χ1v) is 6.55. The average Bonchev–Trinajstić information content (AvgIpc) is 2.69. The Morgan fingerprint density at radius 2 is 2.35 bits per heavy atom. The Balaban J connectivity index is 2.22. The van der Waals surface area contributed by atoms with E-state index in [2.05, 4.69) is 25.9 Å². The van der Waals surface area contributed by atoms with Crippen molar-refractivity contribution in [3.63, 3.8) is 0 Å².